The molecule has 14 rings (SSSR count). The largest absolute Gasteiger partial charge is 0.314 e. The van der Waals surface area contributed by atoms with E-state index in [1.807, 2.05) is 34.0 Å². The minimum Gasteiger partial charge on any atom is -0.314 e. The van der Waals surface area contributed by atoms with Crippen molar-refractivity contribution in [1.82, 2.24) is 0 Å². The molecule has 2 aliphatic carbocycles. The molecule has 0 aliphatic heterocycles. The first kappa shape index (κ1) is 39.8. The Morgan fingerprint density at radius 2 is 0.838 bits per heavy atom. The molecule has 3 aromatic heterocycles. The van der Waals surface area contributed by atoms with Crippen LogP contribution in [0.5, 0.6) is 0 Å². The average Bonchev–Trinajstić information content (AvgIpc) is 4.12. The van der Waals surface area contributed by atoms with Gasteiger partial charge in [-0.15, -0.1) is 34.0 Å². The molecular formula is C63H44N2S3. The summed E-state index contributed by atoms with van der Waals surface area (Å²) < 4.78 is 7.92. The topological polar surface area (TPSA) is 6.48 Å². The molecule has 5 heteroatoms. The molecule has 0 amide bonds. The van der Waals surface area contributed by atoms with Gasteiger partial charge in [0.1, 0.15) is 0 Å². The van der Waals surface area contributed by atoms with E-state index in [9.17, 15) is 0 Å². The lowest BCUT2D eigenvalue weighted by Gasteiger charge is -2.30. The Kier molecular flexibility index (Phi) is 9.01. The normalized spacial score (nSPS) is 14.2. The number of fused-ring (bicyclic) bond motifs is 12. The third kappa shape index (κ3) is 6.26. The smallest absolute Gasteiger partial charge is 0.0476 e. The summed E-state index contributed by atoms with van der Waals surface area (Å²) in [7, 11) is 0. The molecule has 0 bridgehead atoms. The predicted molar refractivity (Wildman–Crippen MR) is 298 cm³/mol. The van der Waals surface area contributed by atoms with Crippen molar-refractivity contribution >= 4 is 129 Å². The first-order valence-corrected chi connectivity index (χ1v) is 26.0. The van der Waals surface area contributed by atoms with Crippen LogP contribution in [0.15, 0.2) is 212 Å². The monoisotopic (exact) mass is 924 g/mol. The molecule has 0 N–H and O–H groups in total. The number of allylic oxidation sites excluding steroid dienone is 4. The molecule has 68 heavy (non-hydrogen) atoms. The molecule has 0 fully saturated rings. The van der Waals surface area contributed by atoms with E-state index in [4.69, 9.17) is 0 Å². The maximum absolute atomic E-state index is 2.51. The second-order valence-corrected chi connectivity index (χ2v) is 22.1. The molecule has 9 aromatic carbocycles. The zero-order valence-corrected chi connectivity index (χ0v) is 40.1. The van der Waals surface area contributed by atoms with Crippen molar-refractivity contribution in [3.05, 3.63) is 229 Å². The van der Waals surface area contributed by atoms with Crippen molar-refractivity contribution < 1.29 is 0 Å². The standard InChI is InChI=1S/C63H44N2S3/c1-63(2)55-15-7-3-11-47(55)53-35-43(29-33-56(53)63)64(45-27-31-51-48-12-4-8-16-57(48)67-61(51)37-45)41-23-19-39(20-24-41)40-21-25-42(26-22-40)65(44-30-34-60-54(36-44)50-14-6-10-18-59(50)66-60)46-28-32-52-49-13-5-9-17-58(49)68-62(52)38-46/h3-21,23-25,27-38H,22,26H2,1-2H3. The van der Waals surface area contributed by atoms with E-state index in [1.165, 1.54) is 111 Å². The van der Waals surface area contributed by atoms with Gasteiger partial charge in [-0.3, -0.25) is 0 Å². The summed E-state index contributed by atoms with van der Waals surface area (Å²) in [4.78, 5) is 4.96. The van der Waals surface area contributed by atoms with E-state index < -0.39 is 0 Å². The van der Waals surface area contributed by atoms with Crippen LogP contribution in [0.3, 0.4) is 0 Å². The van der Waals surface area contributed by atoms with Crippen LogP contribution in [0.1, 0.15) is 43.4 Å². The molecule has 12 aromatic rings. The van der Waals surface area contributed by atoms with E-state index >= 15 is 0 Å². The van der Waals surface area contributed by atoms with Gasteiger partial charge in [-0.2, -0.15) is 0 Å². The highest BCUT2D eigenvalue weighted by molar-refractivity contribution is 7.26. The Balaban J connectivity index is 0.851. The molecule has 2 aliphatic rings. The van der Waals surface area contributed by atoms with Gasteiger partial charge in [0, 0.05) is 100 Å². The molecule has 0 spiro atoms. The Morgan fingerprint density at radius 1 is 0.353 bits per heavy atom. The maximum atomic E-state index is 2.51. The van der Waals surface area contributed by atoms with Crippen LogP contribution in [0.25, 0.3) is 77.2 Å². The van der Waals surface area contributed by atoms with Gasteiger partial charge >= 0.3 is 0 Å². The highest BCUT2D eigenvalue weighted by Gasteiger charge is 2.35. The minimum atomic E-state index is -0.0503. The number of rotatable bonds is 7. The molecule has 0 radical (unpaired) electrons. The van der Waals surface area contributed by atoms with E-state index in [2.05, 4.69) is 230 Å². The summed E-state index contributed by atoms with van der Waals surface area (Å²) in [5, 5.41) is 7.92. The van der Waals surface area contributed by atoms with Crippen LogP contribution in [0.4, 0.5) is 28.4 Å². The van der Waals surface area contributed by atoms with Gasteiger partial charge in [0.25, 0.3) is 0 Å². The fourth-order valence-electron chi connectivity index (χ4n) is 11.2. The zero-order chi connectivity index (χ0) is 45.1. The summed E-state index contributed by atoms with van der Waals surface area (Å²) in [6, 6.07) is 72.8. The molecule has 324 valence electrons. The van der Waals surface area contributed by atoms with Gasteiger partial charge in [0.15, 0.2) is 0 Å². The third-order valence-corrected chi connectivity index (χ3v) is 18.0. The van der Waals surface area contributed by atoms with Crippen LogP contribution < -0.4 is 9.80 Å². The minimum absolute atomic E-state index is 0.0503. The average molecular weight is 925 g/mol. The van der Waals surface area contributed by atoms with E-state index in [0.717, 1.165) is 29.9 Å². The molecule has 0 saturated heterocycles. The van der Waals surface area contributed by atoms with Crippen LogP contribution in [-0.2, 0) is 5.41 Å². The molecule has 0 atom stereocenters. The van der Waals surface area contributed by atoms with Crippen molar-refractivity contribution in [1.29, 1.82) is 0 Å². The summed E-state index contributed by atoms with van der Waals surface area (Å²) in [5.41, 5.74) is 15.2. The van der Waals surface area contributed by atoms with E-state index in [-0.39, 0.29) is 5.41 Å². The summed E-state index contributed by atoms with van der Waals surface area (Å²) in [5.74, 6) is 0. The summed E-state index contributed by atoms with van der Waals surface area (Å²) in [6.07, 6.45) is 6.61. The van der Waals surface area contributed by atoms with Crippen molar-refractivity contribution in [2.75, 3.05) is 9.80 Å². The highest BCUT2D eigenvalue weighted by Crippen LogP contribution is 2.51. The molecule has 0 unspecified atom stereocenters. The second kappa shape index (κ2) is 15.4. The van der Waals surface area contributed by atoms with E-state index in [1.54, 1.807) is 0 Å². The fourth-order valence-corrected chi connectivity index (χ4v) is 14.6. The molecule has 0 saturated carbocycles. The van der Waals surface area contributed by atoms with Crippen molar-refractivity contribution in [3.8, 4) is 11.1 Å². The summed E-state index contributed by atoms with van der Waals surface area (Å²) >= 11 is 5.63. The number of benzene rings is 9. The lowest BCUT2D eigenvalue weighted by atomic mass is 9.82. The van der Waals surface area contributed by atoms with Gasteiger partial charge in [0.2, 0.25) is 0 Å². The number of nitrogens with zero attached hydrogens (tertiary/aromatic N) is 2. The second-order valence-electron chi connectivity index (χ2n) is 18.8. The Hall–Kier alpha value is -7.28. The SMILES string of the molecule is CC1(C)c2ccccc2-c2cc(N(c3ccc(C4=CC=C(N(c5ccc6c(c5)sc5ccccc56)c5ccc6sc7ccccc7c6c5)CC4)cc3)c3ccc4c(c3)sc3ccccc34)ccc21. The van der Waals surface area contributed by atoms with Crippen LogP contribution >= 0.6 is 34.0 Å². The zero-order valence-electron chi connectivity index (χ0n) is 37.7. The van der Waals surface area contributed by atoms with Crippen LogP contribution in [0.2, 0.25) is 0 Å². The molecular weight excluding hydrogens is 881 g/mol. The lowest BCUT2D eigenvalue weighted by Crippen LogP contribution is -2.17. The van der Waals surface area contributed by atoms with Crippen LogP contribution in [0, 0.1) is 0 Å². The molecule has 3 heterocycles. The number of thiophene rings is 3. The van der Waals surface area contributed by atoms with Gasteiger partial charge < -0.3 is 9.80 Å². The van der Waals surface area contributed by atoms with Gasteiger partial charge in [-0.1, -0.05) is 129 Å². The van der Waals surface area contributed by atoms with Gasteiger partial charge in [-0.05, 0) is 137 Å². The molecule has 2 nitrogen and oxygen atoms in total. The highest BCUT2D eigenvalue weighted by atomic mass is 32.1. The third-order valence-electron chi connectivity index (χ3n) is 14.6. The number of anilines is 5. The summed E-state index contributed by atoms with van der Waals surface area (Å²) in [6.45, 7) is 4.71. The fraction of sp³-hybridized carbons (Fsp3) is 0.0794. The van der Waals surface area contributed by atoms with Gasteiger partial charge in [-0.25, -0.2) is 0 Å². The first-order valence-electron chi connectivity index (χ1n) is 23.5. The lowest BCUT2D eigenvalue weighted by molar-refractivity contribution is 0.660. The number of hydrogen-bond donors (Lipinski definition) is 0. The predicted octanol–water partition coefficient (Wildman–Crippen LogP) is 19.5. The number of hydrogen-bond acceptors (Lipinski definition) is 5. The quantitative estimate of drug-likeness (QED) is 0.157. The van der Waals surface area contributed by atoms with Crippen molar-refractivity contribution in [3.63, 3.8) is 0 Å². The van der Waals surface area contributed by atoms with Gasteiger partial charge in [0.05, 0.1) is 0 Å². The van der Waals surface area contributed by atoms with Crippen molar-refractivity contribution in [2.24, 2.45) is 0 Å². The Morgan fingerprint density at radius 3 is 1.50 bits per heavy atom. The Bertz CT molecular complexity index is 4080. The van der Waals surface area contributed by atoms with Crippen molar-refractivity contribution in [2.45, 2.75) is 32.1 Å². The Labute approximate surface area is 407 Å². The maximum Gasteiger partial charge on any atom is 0.0476 e. The van der Waals surface area contributed by atoms with Crippen LogP contribution in [-0.4, -0.2) is 0 Å². The first-order chi connectivity index (χ1) is 33.4. The van der Waals surface area contributed by atoms with E-state index in [0.29, 0.717) is 0 Å².